The van der Waals surface area contributed by atoms with Crippen LogP contribution >= 0.6 is 12.4 Å². The van der Waals surface area contributed by atoms with Gasteiger partial charge < -0.3 is 15.1 Å². The Hall–Kier alpha value is -1.79. The van der Waals surface area contributed by atoms with Crippen molar-refractivity contribution in [1.29, 1.82) is 0 Å². The summed E-state index contributed by atoms with van der Waals surface area (Å²) in [6, 6.07) is 5.52. The highest BCUT2D eigenvalue weighted by Crippen LogP contribution is 2.21. The predicted octanol–water partition coefficient (Wildman–Crippen LogP) is 1.96. The Kier molecular flexibility index (Phi) is 4.69. The first-order chi connectivity index (χ1) is 9.63. The number of piperidine rings is 1. The molecule has 1 atom stereocenters. The maximum atomic E-state index is 12.4. The van der Waals surface area contributed by atoms with Gasteiger partial charge in [-0.1, -0.05) is 0 Å². The number of halogens is 1. The Labute approximate surface area is 129 Å². The van der Waals surface area contributed by atoms with Crippen molar-refractivity contribution in [2.45, 2.75) is 25.8 Å². The molecule has 1 saturated heterocycles. The lowest BCUT2D eigenvalue weighted by atomic mass is 10.1. The molecule has 2 aromatic rings. The molecule has 0 aliphatic carbocycles. The van der Waals surface area contributed by atoms with Crippen LogP contribution < -0.4 is 5.73 Å². The van der Waals surface area contributed by atoms with Gasteiger partial charge in [-0.3, -0.25) is 9.89 Å². The second kappa shape index (κ2) is 6.32. The zero-order chi connectivity index (χ0) is 14.1. The second-order valence-electron chi connectivity index (χ2n) is 5.23. The average molecular weight is 311 g/mol. The monoisotopic (exact) mass is 310 g/mol. The van der Waals surface area contributed by atoms with Crippen LogP contribution in [-0.4, -0.2) is 40.1 Å². The van der Waals surface area contributed by atoms with Gasteiger partial charge in [0, 0.05) is 25.2 Å². The number of aromatic amines is 1. The fourth-order valence-electron chi connectivity index (χ4n) is 2.49. The summed E-state index contributed by atoms with van der Waals surface area (Å²) in [5, 5.41) is 6.93. The van der Waals surface area contributed by atoms with Gasteiger partial charge in [0.25, 0.3) is 5.91 Å². The number of carbonyl (C=O) groups excluding carboxylic acids is 1. The van der Waals surface area contributed by atoms with Crippen LogP contribution in [0, 0.1) is 6.92 Å². The smallest absolute Gasteiger partial charge is 0.274 e. The zero-order valence-corrected chi connectivity index (χ0v) is 12.7. The number of nitrogens with two attached hydrogens (primary N) is 1. The molecule has 6 nitrogen and oxygen atoms in total. The molecule has 0 bridgehead atoms. The summed E-state index contributed by atoms with van der Waals surface area (Å²) in [4.78, 5) is 14.1. The highest BCUT2D eigenvalue weighted by atomic mass is 35.5. The number of hydrogen-bond donors (Lipinski definition) is 2. The molecule has 2 aromatic heterocycles. The lowest BCUT2D eigenvalue weighted by Crippen LogP contribution is -2.45. The summed E-state index contributed by atoms with van der Waals surface area (Å²) >= 11 is 0. The molecule has 3 N–H and O–H groups in total. The van der Waals surface area contributed by atoms with Gasteiger partial charge in [-0.2, -0.15) is 5.10 Å². The first kappa shape index (κ1) is 15.6. The van der Waals surface area contributed by atoms with Crippen LogP contribution in [-0.2, 0) is 0 Å². The van der Waals surface area contributed by atoms with Gasteiger partial charge >= 0.3 is 0 Å². The van der Waals surface area contributed by atoms with Gasteiger partial charge in [-0.05, 0) is 31.9 Å². The summed E-state index contributed by atoms with van der Waals surface area (Å²) in [6.07, 6.45) is 1.92. The normalized spacial score (nSPS) is 18.4. The molecule has 3 rings (SSSR count). The van der Waals surface area contributed by atoms with Crippen molar-refractivity contribution < 1.29 is 9.21 Å². The third-order valence-electron chi connectivity index (χ3n) is 3.55. The first-order valence-corrected chi connectivity index (χ1v) is 6.80. The molecule has 0 spiro atoms. The van der Waals surface area contributed by atoms with Gasteiger partial charge in [0.1, 0.15) is 11.5 Å². The third-order valence-corrected chi connectivity index (χ3v) is 3.55. The van der Waals surface area contributed by atoms with Gasteiger partial charge in [-0.25, -0.2) is 0 Å². The molecule has 21 heavy (non-hydrogen) atoms. The molecule has 1 fully saturated rings. The lowest BCUT2D eigenvalue weighted by molar-refractivity contribution is 0.0703. The van der Waals surface area contributed by atoms with Crippen LogP contribution in [0.25, 0.3) is 11.5 Å². The van der Waals surface area contributed by atoms with E-state index >= 15 is 0 Å². The number of amides is 1. The van der Waals surface area contributed by atoms with Crippen LogP contribution in [0.2, 0.25) is 0 Å². The molecular formula is C14H19ClN4O2. The van der Waals surface area contributed by atoms with Crippen molar-refractivity contribution >= 4 is 18.3 Å². The Morgan fingerprint density at radius 1 is 1.52 bits per heavy atom. The molecule has 114 valence electrons. The molecule has 1 unspecified atom stereocenters. The van der Waals surface area contributed by atoms with E-state index in [1.807, 2.05) is 19.1 Å². The van der Waals surface area contributed by atoms with E-state index in [0.29, 0.717) is 23.7 Å². The fourth-order valence-corrected chi connectivity index (χ4v) is 2.49. The Bertz CT molecular complexity index is 622. The fraction of sp³-hybridized carbons (Fsp3) is 0.429. The number of furan rings is 1. The van der Waals surface area contributed by atoms with Crippen LogP contribution in [0.1, 0.15) is 29.1 Å². The lowest BCUT2D eigenvalue weighted by Gasteiger charge is -2.30. The van der Waals surface area contributed by atoms with E-state index in [4.69, 9.17) is 10.2 Å². The van der Waals surface area contributed by atoms with Crippen molar-refractivity contribution in [3.8, 4) is 11.5 Å². The minimum absolute atomic E-state index is 0. The largest absolute Gasteiger partial charge is 0.460 e. The van der Waals surface area contributed by atoms with Gasteiger partial charge in [0.2, 0.25) is 0 Å². The number of H-pyrrole nitrogens is 1. The van der Waals surface area contributed by atoms with E-state index in [1.54, 1.807) is 11.0 Å². The molecule has 7 heteroatoms. The maximum Gasteiger partial charge on any atom is 0.274 e. The Morgan fingerprint density at radius 3 is 3.00 bits per heavy atom. The van der Waals surface area contributed by atoms with Crippen molar-refractivity contribution in [3.63, 3.8) is 0 Å². The van der Waals surface area contributed by atoms with E-state index in [1.165, 1.54) is 0 Å². The Morgan fingerprint density at radius 2 is 2.33 bits per heavy atom. The molecule has 3 heterocycles. The predicted molar refractivity (Wildman–Crippen MR) is 81.4 cm³/mol. The summed E-state index contributed by atoms with van der Waals surface area (Å²) in [6.45, 7) is 3.22. The molecule has 0 radical (unpaired) electrons. The molecule has 0 saturated carbocycles. The average Bonchev–Trinajstić information content (AvgIpc) is 3.06. The SMILES string of the molecule is Cc1ccc(-c2cc(C(=O)N3CCCC(N)C3)n[nH]2)o1.Cl. The number of likely N-dealkylation sites (tertiary alicyclic amines) is 1. The number of nitrogens with one attached hydrogen (secondary N) is 1. The van der Waals surface area contributed by atoms with Gasteiger partial charge in [0.15, 0.2) is 11.5 Å². The van der Waals surface area contributed by atoms with E-state index in [0.717, 1.165) is 25.1 Å². The summed E-state index contributed by atoms with van der Waals surface area (Å²) in [5.74, 6) is 1.43. The molecule has 0 aromatic carbocycles. The molecule has 1 amide bonds. The van der Waals surface area contributed by atoms with Crippen LogP contribution in [0.3, 0.4) is 0 Å². The molecule has 1 aliphatic rings. The Balaban J connectivity index is 0.00000161. The number of aromatic nitrogens is 2. The quantitative estimate of drug-likeness (QED) is 0.887. The van der Waals surface area contributed by atoms with E-state index in [9.17, 15) is 4.79 Å². The first-order valence-electron chi connectivity index (χ1n) is 6.80. The summed E-state index contributed by atoms with van der Waals surface area (Å²) in [7, 11) is 0. The second-order valence-corrected chi connectivity index (χ2v) is 5.23. The van der Waals surface area contributed by atoms with Crippen molar-refractivity contribution in [1.82, 2.24) is 15.1 Å². The minimum atomic E-state index is -0.0778. The highest BCUT2D eigenvalue weighted by molar-refractivity contribution is 5.93. The third kappa shape index (κ3) is 3.28. The van der Waals surface area contributed by atoms with Crippen molar-refractivity contribution in [2.75, 3.05) is 13.1 Å². The number of aryl methyl sites for hydroxylation is 1. The van der Waals surface area contributed by atoms with E-state index < -0.39 is 0 Å². The summed E-state index contributed by atoms with van der Waals surface area (Å²) in [5.41, 5.74) is 7.02. The van der Waals surface area contributed by atoms with E-state index in [-0.39, 0.29) is 24.4 Å². The number of hydrogen-bond acceptors (Lipinski definition) is 4. The standard InChI is InChI=1S/C14H18N4O2.ClH/c1-9-4-5-13(20-9)11-7-12(17-16-11)14(19)18-6-2-3-10(15)8-18;/h4-5,7,10H,2-3,6,8,15H2,1H3,(H,16,17);1H. The maximum absolute atomic E-state index is 12.4. The minimum Gasteiger partial charge on any atom is -0.460 e. The summed E-state index contributed by atoms with van der Waals surface area (Å²) < 4.78 is 5.51. The van der Waals surface area contributed by atoms with Gasteiger partial charge in [0.05, 0.1) is 0 Å². The number of nitrogens with zero attached hydrogens (tertiary/aromatic N) is 2. The zero-order valence-electron chi connectivity index (χ0n) is 11.8. The van der Waals surface area contributed by atoms with Crippen LogP contribution in [0.5, 0.6) is 0 Å². The topological polar surface area (TPSA) is 88.1 Å². The van der Waals surface area contributed by atoms with Crippen molar-refractivity contribution in [3.05, 3.63) is 29.7 Å². The molecule has 1 aliphatic heterocycles. The van der Waals surface area contributed by atoms with E-state index in [2.05, 4.69) is 10.2 Å². The van der Waals surface area contributed by atoms with Crippen molar-refractivity contribution in [2.24, 2.45) is 5.73 Å². The highest BCUT2D eigenvalue weighted by Gasteiger charge is 2.24. The van der Waals surface area contributed by atoms with Crippen LogP contribution in [0.4, 0.5) is 0 Å². The number of carbonyl (C=O) groups is 1. The van der Waals surface area contributed by atoms with Gasteiger partial charge in [-0.15, -0.1) is 12.4 Å². The molecular weight excluding hydrogens is 292 g/mol. The van der Waals surface area contributed by atoms with Crippen LogP contribution in [0.15, 0.2) is 22.6 Å². The number of rotatable bonds is 2.